The van der Waals surface area contributed by atoms with E-state index in [1.807, 2.05) is 0 Å². The summed E-state index contributed by atoms with van der Waals surface area (Å²) < 4.78 is 5.15. The minimum atomic E-state index is -1.02. The number of rotatable bonds is 3. The molecule has 1 heterocycles. The number of pyridine rings is 1. The molecule has 0 aliphatic rings. The number of halogens is 2. The van der Waals surface area contributed by atoms with E-state index in [1.165, 1.54) is 0 Å². The zero-order chi connectivity index (χ0) is 11.5. The van der Waals surface area contributed by atoms with Crippen molar-refractivity contribution in [3.8, 4) is 5.75 Å². The summed E-state index contributed by atoms with van der Waals surface area (Å²) >= 11 is 5.91. The highest BCUT2D eigenvalue weighted by Crippen LogP contribution is 2.28. The Morgan fingerprint density at radius 2 is 2.12 bits per heavy atom. The van der Waals surface area contributed by atoms with Gasteiger partial charge in [-0.2, -0.15) is 0 Å². The van der Waals surface area contributed by atoms with Gasteiger partial charge in [0.15, 0.2) is 6.61 Å². The summed E-state index contributed by atoms with van der Waals surface area (Å²) in [6.07, 6.45) is 1.55. The molecule has 0 atom stereocenters. The van der Waals surface area contributed by atoms with Crippen LogP contribution in [-0.4, -0.2) is 22.7 Å². The van der Waals surface area contributed by atoms with Gasteiger partial charge in [-0.3, -0.25) is 0 Å². The quantitative estimate of drug-likeness (QED) is 0.874. The second kappa shape index (κ2) is 5.70. The first-order valence-corrected chi connectivity index (χ1v) is 4.94. The van der Waals surface area contributed by atoms with E-state index in [9.17, 15) is 4.79 Å². The highest BCUT2D eigenvalue weighted by atomic mass is 35.5. The maximum absolute atomic E-state index is 10.4. The van der Waals surface area contributed by atoms with E-state index < -0.39 is 5.97 Å². The number of nitrogens with zero attached hydrogens (tertiary/aromatic N) is 1. The van der Waals surface area contributed by atoms with Gasteiger partial charge >= 0.3 is 5.97 Å². The summed E-state index contributed by atoms with van der Waals surface area (Å²) in [6, 6.07) is 6.98. The van der Waals surface area contributed by atoms with Gasteiger partial charge in [0, 0.05) is 17.0 Å². The standard InChI is InChI=1S/C11H8ClNO3.ClH/c12-11-8-2-1-3-9(16-6-10(14)15)7(8)4-5-13-11;/h1-5H,6H2,(H,14,15);1H. The minimum Gasteiger partial charge on any atom is -0.481 e. The second-order valence-electron chi connectivity index (χ2n) is 3.14. The van der Waals surface area contributed by atoms with Crippen LogP contribution in [0.1, 0.15) is 0 Å². The minimum absolute atomic E-state index is 0. The number of aliphatic carboxylic acids is 1. The molecular formula is C11H9Cl2NO3. The predicted octanol–water partition coefficient (Wildman–Crippen LogP) is 2.77. The number of aromatic nitrogens is 1. The van der Waals surface area contributed by atoms with Gasteiger partial charge in [0.05, 0.1) is 0 Å². The fourth-order valence-electron chi connectivity index (χ4n) is 1.41. The van der Waals surface area contributed by atoms with Gasteiger partial charge in [0.25, 0.3) is 0 Å². The Kier molecular flexibility index (Phi) is 4.54. The average Bonchev–Trinajstić information content (AvgIpc) is 2.27. The van der Waals surface area contributed by atoms with Gasteiger partial charge in [0.2, 0.25) is 0 Å². The Balaban J connectivity index is 0.00000144. The third-order valence-electron chi connectivity index (χ3n) is 2.07. The fraction of sp³-hybridized carbons (Fsp3) is 0.0909. The van der Waals surface area contributed by atoms with E-state index in [2.05, 4.69) is 4.98 Å². The van der Waals surface area contributed by atoms with Gasteiger partial charge in [-0.25, -0.2) is 9.78 Å². The summed E-state index contributed by atoms with van der Waals surface area (Å²) in [5.41, 5.74) is 0. The lowest BCUT2D eigenvalue weighted by atomic mass is 10.1. The number of benzene rings is 1. The Morgan fingerprint density at radius 1 is 1.35 bits per heavy atom. The van der Waals surface area contributed by atoms with Crippen LogP contribution >= 0.6 is 24.0 Å². The van der Waals surface area contributed by atoms with Crippen molar-refractivity contribution in [3.05, 3.63) is 35.6 Å². The van der Waals surface area contributed by atoms with Gasteiger partial charge in [0.1, 0.15) is 10.9 Å². The molecule has 1 N–H and O–H groups in total. The van der Waals surface area contributed by atoms with E-state index in [0.29, 0.717) is 10.9 Å². The molecule has 0 saturated heterocycles. The van der Waals surface area contributed by atoms with Crippen molar-refractivity contribution >= 4 is 40.7 Å². The summed E-state index contributed by atoms with van der Waals surface area (Å²) in [5, 5.41) is 10.4. The number of carboxylic acids is 1. The normalized spacial score (nSPS) is 9.71. The number of carbonyl (C=O) groups is 1. The van der Waals surface area contributed by atoms with Crippen LogP contribution < -0.4 is 4.74 Å². The number of hydrogen-bond donors (Lipinski definition) is 1. The first-order valence-electron chi connectivity index (χ1n) is 4.56. The van der Waals surface area contributed by atoms with Crippen molar-refractivity contribution in [3.63, 3.8) is 0 Å². The molecule has 1 aromatic heterocycles. The van der Waals surface area contributed by atoms with Gasteiger partial charge < -0.3 is 9.84 Å². The van der Waals surface area contributed by atoms with Crippen molar-refractivity contribution in [1.29, 1.82) is 0 Å². The highest BCUT2D eigenvalue weighted by molar-refractivity contribution is 6.34. The zero-order valence-electron chi connectivity index (χ0n) is 8.59. The first-order chi connectivity index (χ1) is 7.68. The predicted molar refractivity (Wildman–Crippen MR) is 67.1 cm³/mol. The number of fused-ring (bicyclic) bond motifs is 1. The SMILES string of the molecule is Cl.O=C(O)COc1cccc2c(Cl)nccc12. The van der Waals surface area contributed by atoms with Crippen molar-refractivity contribution in [2.75, 3.05) is 6.61 Å². The van der Waals surface area contributed by atoms with Crippen LogP contribution in [-0.2, 0) is 4.79 Å². The molecule has 0 aliphatic heterocycles. The monoisotopic (exact) mass is 273 g/mol. The largest absolute Gasteiger partial charge is 0.481 e. The Labute approximate surface area is 109 Å². The van der Waals surface area contributed by atoms with Gasteiger partial charge in [-0.15, -0.1) is 12.4 Å². The summed E-state index contributed by atoms with van der Waals surface area (Å²) in [7, 11) is 0. The highest BCUT2D eigenvalue weighted by Gasteiger charge is 2.06. The summed E-state index contributed by atoms with van der Waals surface area (Å²) in [5.74, 6) is -0.527. The van der Waals surface area contributed by atoms with Gasteiger partial charge in [-0.05, 0) is 12.1 Å². The molecule has 90 valence electrons. The fourth-order valence-corrected chi connectivity index (χ4v) is 1.63. The van der Waals surface area contributed by atoms with Crippen molar-refractivity contribution < 1.29 is 14.6 Å². The average molecular weight is 274 g/mol. The van der Waals surface area contributed by atoms with Crippen molar-refractivity contribution in [2.24, 2.45) is 0 Å². The van der Waals surface area contributed by atoms with E-state index in [0.717, 1.165) is 10.8 Å². The van der Waals surface area contributed by atoms with E-state index >= 15 is 0 Å². The molecule has 2 aromatic rings. The zero-order valence-corrected chi connectivity index (χ0v) is 10.2. The summed E-state index contributed by atoms with van der Waals surface area (Å²) in [4.78, 5) is 14.3. The number of hydrogen-bond acceptors (Lipinski definition) is 3. The van der Waals surface area contributed by atoms with Crippen LogP contribution in [0.4, 0.5) is 0 Å². The lowest BCUT2D eigenvalue weighted by Gasteiger charge is -2.07. The third-order valence-corrected chi connectivity index (χ3v) is 2.37. The molecule has 0 spiro atoms. The first kappa shape index (κ1) is 13.5. The van der Waals surface area contributed by atoms with Crippen LogP contribution in [0, 0.1) is 0 Å². The molecule has 2 rings (SSSR count). The van der Waals surface area contributed by atoms with E-state index in [4.69, 9.17) is 21.4 Å². The Morgan fingerprint density at radius 3 is 2.82 bits per heavy atom. The van der Waals surface area contributed by atoms with E-state index in [-0.39, 0.29) is 19.0 Å². The van der Waals surface area contributed by atoms with Gasteiger partial charge in [-0.1, -0.05) is 23.7 Å². The van der Waals surface area contributed by atoms with Crippen molar-refractivity contribution in [2.45, 2.75) is 0 Å². The maximum atomic E-state index is 10.4. The molecule has 0 bridgehead atoms. The van der Waals surface area contributed by atoms with E-state index in [1.54, 1.807) is 30.5 Å². The molecule has 0 saturated carbocycles. The van der Waals surface area contributed by atoms with Crippen molar-refractivity contribution in [1.82, 2.24) is 4.98 Å². The second-order valence-corrected chi connectivity index (χ2v) is 3.49. The van der Waals surface area contributed by atoms with Crippen LogP contribution in [0.3, 0.4) is 0 Å². The van der Waals surface area contributed by atoms with Crippen LogP contribution in [0.5, 0.6) is 5.75 Å². The molecule has 0 radical (unpaired) electrons. The Hall–Kier alpha value is -1.52. The molecule has 0 amide bonds. The third kappa shape index (κ3) is 2.99. The smallest absolute Gasteiger partial charge is 0.341 e. The molecule has 17 heavy (non-hydrogen) atoms. The van der Waals surface area contributed by atoms with Crippen LogP contribution in [0.2, 0.25) is 5.15 Å². The molecule has 0 unspecified atom stereocenters. The topological polar surface area (TPSA) is 59.4 Å². The Bertz CT molecular complexity index is 545. The molecular weight excluding hydrogens is 265 g/mol. The molecule has 1 aromatic carbocycles. The van der Waals surface area contributed by atoms with Crippen LogP contribution in [0.15, 0.2) is 30.5 Å². The molecule has 4 nitrogen and oxygen atoms in total. The summed E-state index contributed by atoms with van der Waals surface area (Å²) in [6.45, 7) is -0.376. The maximum Gasteiger partial charge on any atom is 0.341 e. The number of carboxylic acid groups (broad SMARTS) is 1. The molecule has 0 aliphatic carbocycles. The lowest BCUT2D eigenvalue weighted by molar-refractivity contribution is -0.139. The van der Waals surface area contributed by atoms with Crippen LogP contribution in [0.25, 0.3) is 10.8 Å². The molecule has 0 fully saturated rings. The molecule has 6 heteroatoms. The lowest BCUT2D eigenvalue weighted by Crippen LogP contribution is -2.09. The number of ether oxygens (including phenoxy) is 1.